The Bertz CT molecular complexity index is 474. The third-order valence-corrected chi connectivity index (χ3v) is 5.45. The summed E-state index contributed by atoms with van der Waals surface area (Å²) < 4.78 is 0. The smallest absolute Gasteiger partial charge is 0.0164 e. The molecule has 0 aromatic carbocycles. The van der Waals surface area contributed by atoms with Crippen LogP contribution in [0.3, 0.4) is 0 Å². The molecule has 1 heteroatoms. The van der Waals surface area contributed by atoms with Crippen molar-refractivity contribution < 1.29 is 18.6 Å². The zero-order valence-corrected chi connectivity index (χ0v) is 13.9. The number of allylic oxidation sites excluding steroid dienone is 8. The number of rotatable bonds is 1. The van der Waals surface area contributed by atoms with Crippen LogP contribution in [0.1, 0.15) is 48.0 Å². The zero-order chi connectivity index (χ0) is 12.8. The molecule has 18 heavy (non-hydrogen) atoms. The van der Waals surface area contributed by atoms with Gasteiger partial charge in [-0.05, 0) is 51.2 Å². The normalized spacial score (nSPS) is 31.7. The van der Waals surface area contributed by atoms with E-state index in [1.807, 2.05) is 0 Å². The molecule has 97 valence electrons. The third-order valence-electron chi connectivity index (χ3n) is 5.45. The minimum absolute atomic E-state index is 0. The van der Waals surface area contributed by atoms with Crippen LogP contribution in [0, 0.1) is 11.3 Å². The topological polar surface area (TPSA) is 0 Å². The first kappa shape index (κ1) is 15.6. The molecule has 0 aromatic rings. The molecule has 0 nitrogen and oxygen atoms in total. The monoisotopic (exact) mass is 279 g/mol. The summed E-state index contributed by atoms with van der Waals surface area (Å²) in [6, 6.07) is 0. The second kappa shape index (κ2) is 5.27. The average Bonchev–Trinajstić information content (AvgIpc) is 2.85. The average molecular weight is 279 g/mol. The van der Waals surface area contributed by atoms with Crippen molar-refractivity contribution in [3.63, 3.8) is 0 Å². The summed E-state index contributed by atoms with van der Waals surface area (Å²) in [6.45, 7) is 14.0. The van der Waals surface area contributed by atoms with Gasteiger partial charge in [-0.15, -0.1) is 0 Å². The van der Waals surface area contributed by atoms with E-state index in [1.54, 1.807) is 16.7 Å². The van der Waals surface area contributed by atoms with E-state index >= 15 is 0 Å². The van der Waals surface area contributed by atoms with E-state index in [2.05, 4.69) is 59.8 Å². The van der Waals surface area contributed by atoms with Gasteiger partial charge in [-0.3, -0.25) is 0 Å². The molecule has 0 saturated carbocycles. The van der Waals surface area contributed by atoms with Crippen LogP contribution in [0.5, 0.6) is 0 Å². The molecule has 0 amide bonds. The Balaban J connectivity index is 0.00000162. The van der Waals surface area contributed by atoms with Crippen LogP contribution < -0.4 is 0 Å². The fourth-order valence-corrected chi connectivity index (χ4v) is 3.40. The summed E-state index contributed by atoms with van der Waals surface area (Å²) in [5.74, 6) is 0.609. The summed E-state index contributed by atoms with van der Waals surface area (Å²) in [6.07, 6.45) is 7.92. The van der Waals surface area contributed by atoms with E-state index in [0.717, 1.165) is 6.42 Å². The first-order valence-electron chi connectivity index (χ1n) is 6.62. The second-order valence-corrected chi connectivity index (χ2v) is 5.81. The summed E-state index contributed by atoms with van der Waals surface area (Å²) in [7, 11) is 0. The van der Waals surface area contributed by atoms with E-state index in [1.165, 1.54) is 11.1 Å². The molecule has 2 aliphatic carbocycles. The maximum Gasteiger partial charge on any atom is 0.0164 e. The van der Waals surface area contributed by atoms with Gasteiger partial charge in [-0.2, -0.15) is 0 Å². The zero-order valence-electron chi connectivity index (χ0n) is 12.5. The fraction of sp³-hybridized carbons (Fsp3) is 0.529. The SMILES string of the molecule is CC1=C(C)C(C)C(C)(C2=CC=CC2)C(C)=C1C.[V]. The Hall–Kier alpha value is -0.456. The predicted octanol–water partition coefficient (Wildman–Crippen LogP) is 5.20. The van der Waals surface area contributed by atoms with Crippen LogP contribution >= 0.6 is 0 Å². The van der Waals surface area contributed by atoms with Crippen molar-refractivity contribution in [3.05, 3.63) is 46.1 Å². The number of hydrogen-bond donors (Lipinski definition) is 0. The van der Waals surface area contributed by atoms with Crippen LogP contribution in [-0.2, 0) is 18.6 Å². The Kier molecular flexibility index (Phi) is 4.57. The minimum Gasteiger partial charge on any atom is -0.0804 e. The van der Waals surface area contributed by atoms with Crippen LogP contribution in [0.4, 0.5) is 0 Å². The van der Waals surface area contributed by atoms with Gasteiger partial charge in [0.2, 0.25) is 0 Å². The molecule has 2 aliphatic rings. The Morgan fingerprint density at radius 3 is 2.22 bits per heavy atom. The summed E-state index contributed by atoms with van der Waals surface area (Å²) >= 11 is 0. The Labute approximate surface area is 124 Å². The molecule has 0 aromatic heterocycles. The van der Waals surface area contributed by atoms with Gasteiger partial charge < -0.3 is 0 Å². The Morgan fingerprint density at radius 2 is 1.72 bits per heavy atom. The maximum absolute atomic E-state index is 2.42. The Morgan fingerprint density at radius 1 is 1.11 bits per heavy atom. The molecule has 0 N–H and O–H groups in total. The molecule has 1 radical (unpaired) electrons. The largest absolute Gasteiger partial charge is 0.0804 e. The maximum atomic E-state index is 2.42. The molecular formula is C17H24V. The summed E-state index contributed by atoms with van der Waals surface area (Å²) in [4.78, 5) is 0. The quantitative estimate of drug-likeness (QED) is 0.619. The van der Waals surface area contributed by atoms with E-state index in [4.69, 9.17) is 0 Å². The van der Waals surface area contributed by atoms with Gasteiger partial charge in [0.25, 0.3) is 0 Å². The van der Waals surface area contributed by atoms with Crippen LogP contribution in [0.25, 0.3) is 0 Å². The molecule has 0 fully saturated rings. The van der Waals surface area contributed by atoms with Crippen LogP contribution in [0.2, 0.25) is 0 Å². The van der Waals surface area contributed by atoms with Crippen molar-refractivity contribution in [1.82, 2.24) is 0 Å². The van der Waals surface area contributed by atoms with Gasteiger partial charge in [-0.1, -0.05) is 48.8 Å². The molecule has 2 unspecified atom stereocenters. The van der Waals surface area contributed by atoms with Gasteiger partial charge in [0, 0.05) is 24.0 Å². The molecule has 0 spiro atoms. The molecule has 0 aliphatic heterocycles. The van der Waals surface area contributed by atoms with Crippen molar-refractivity contribution in [3.8, 4) is 0 Å². The van der Waals surface area contributed by atoms with Crippen LogP contribution in [0.15, 0.2) is 46.1 Å². The van der Waals surface area contributed by atoms with Gasteiger partial charge in [0.1, 0.15) is 0 Å². The van der Waals surface area contributed by atoms with Crippen molar-refractivity contribution in [2.24, 2.45) is 11.3 Å². The minimum atomic E-state index is 0. The van der Waals surface area contributed by atoms with Crippen molar-refractivity contribution in [2.75, 3.05) is 0 Å². The van der Waals surface area contributed by atoms with Gasteiger partial charge in [0.15, 0.2) is 0 Å². The van der Waals surface area contributed by atoms with E-state index in [9.17, 15) is 0 Å². The molecule has 0 saturated heterocycles. The standard InChI is InChI=1S/C17H24.V/c1-11-12(2)14(4)17(6,15(5)13(11)3)16-9-7-8-10-16;/h7-9,14H,10H2,1-6H3;. The predicted molar refractivity (Wildman–Crippen MR) is 75.9 cm³/mol. The van der Waals surface area contributed by atoms with E-state index < -0.39 is 0 Å². The molecule has 2 rings (SSSR count). The summed E-state index contributed by atoms with van der Waals surface area (Å²) in [5.41, 5.74) is 7.91. The summed E-state index contributed by atoms with van der Waals surface area (Å²) in [5, 5.41) is 0. The molecule has 0 bridgehead atoms. The van der Waals surface area contributed by atoms with Crippen LogP contribution in [-0.4, -0.2) is 0 Å². The van der Waals surface area contributed by atoms with E-state index in [0.29, 0.717) is 5.92 Å². The molecule has 0 heterocycles. The second-order valence-electron chi connectivity index (χ2n) is 5.81. The van der Waals surface area contributed by atoms with Gasteiger partial charge >= 0.3 is 0 Å². The van der Waals surface area contributed by atoms with Gasteiger partial charge in [-0.25, -0.2) is 0 Å². The van der Waals surface area contributed by atoms with Gasteiger partial charge in [0.05, 0.1) is 0 Å². The first-order chi connectivity index (χ1) is 7.90. The van der Waals surface area contributed by atoms with Crippen molar-refractivity contribution in [1.29, 1.82) is 0 Å². The number of hydrogen-bond acceptors (Lipinski definition) is 0. The fourth-order valence-electron chi connectivity index (χ4n) is 3.40. The molecular weight excluding hydrogens is 255 g/mol. The molecule has 2 atom stereocenters. The van der Waals surface area contributed by atoms with E-state index in [-0.39, 0.29) is 24.0 Å². The van der Waals surface area contributed by atoms with Crippen molar-refractivity contribution >= 4 is 0 Å². The third kappa shape index (κ3) is 2.00. The van der Waals surface area contributed by atoms with Crippen molar-refractivity contribution in [2.45, 2.75) is 48.0 Å². The first-order valence-corrected chi connectivity index (χ1v) is 6.62.